The third-order valence-electron chi connectivity index (χ3n) is 4.37. The number of nitrogens with zero attached hydrogens (tertiary/aromatic N) is 1. The lowest BCUT2D eigenvalue weighted by molar-refractivity contribution is -0.138. The molecular weight excluding hydrogens is 304 g/mol. The van der Waals surface area contributed by atoms with Gasteiger partial charge >= 0.3 is 0 Å². The SMILES string of the molecule is CCCC(=O)N1CCC[C@H]1C(=O)N[C@@H](C)c1cccc(OCC)c1. The average molecular weight is 332 g/mol. The Bertz CT molecular complexity index is 573. The van der Waals surface area contributed by atoms with Crippen molar-refractivity contribution in [2.45, 2.75) is 58.5 Å². The number of rotatable bonds is 7. The summed E-state index contributed by atoms with van der Waals surface area (Å²) in [5.41, 5.74) is 0.999. The first-order valence-electron chi connectivity index (χ1n) is 8.89. The fourth-order valence-electron chi connectivity index (χ4n) is 3.13. The molecule has 0 spiro atoms. The third kappa shape index (κ3) is 4.49. The van der Waals surface area contributed by atoms with E-state index in [1.54, 1.807) is 4.90 Å². The summed E-state index contributed by atoms with van der Waals surface area (Å²) >= 11 is 0. The zero-order valence-corrected chi connectivity index (χ0v) is 14.9. The van der Waals surface area contributed by atoms with Gasteiger partial charge < -0.3 is 15.0 Å². The molecule has 1 aromatic carbocycles. The summed E-state index contributed by atoms with van der Waals surface area (Å²) in [6.45, 7) is 7.18. The van der Waals surface area contributed by atoms with E-state index < -0.39 is 0 Å². The minimum absolute atomic E-state index is 0.0636. The average Bonchev–Trinajstić information content (AvgIpc) is 3.05. The topological polar surface area (TPSA) is 58.6 Å². The van der Waals surface area contributed by atoms with Crippen molar-refractivity contribution in [1.29, 1.82) is 0 Å². The Kier molecular flexibility index (Phi) is 6.64. The molecule has 1 N–H and O–H groups in total. The van der Waals surface area contributed by atoms with Gasteiger partial charge in [-0.05, 0) is 50.8 Å². The van der Waals surface area contributed by atoms with Gasteiger partial charge in [0.05, 0.1) is 12.6 Å². The van der Waals surface area contributed by atoms with E-state index in [0.717, 1.165) is 30.6 Å². The molecule has 1 saturated heterocycles. The van der Waals surface area contributed by atoms with E-state index in [9.17, 15) is 9.59 Å². The van der Waals surface area contributed by atoms with Gasteiger partial charge in [-0.2, -0.15) is 0 Å². The van der Waals surface area contributed by atoms with Gasteiger partial charge in [-0.15, -0.1) is 0 Å². The summed E-state index contributed by atoms with van der Waals surface area (Å²) in [5, 5.41) is 3.05. The van der Waals surface area contributed by atoms with Crippen LogP contribution in [0, 0.1) is 0 Å². The van der Waals surface area contributed by atoms with Crippen molar-refractivity contribution in [3.63, 3.8) is 0 Å². The van der Waals surface area contributed by atoms with Gasteiger partial charge in [0.15, 0.2) is 0 Å². The first-order chi connectivity index (χ1) is 11.6. The molecule has 1 heterocycles. The molecule has 132 valence electrons. The number of carbonyl (C=O) groups is 2. The highest BCUT2D eigenvalue weighted by Gasteiger charge is 2.34. The van der Waals surface area contributed by atoms with Crippen LogP contribution in [0.2, 0.25) is 0 Å². The van der Waals surface area contributed by atoms with E-state index in [1.807, 2.05) is 45.0 Å². The zero-order chi connectivity index (χ0) is 17.5. The van der Waals surface area contributed by atoms with Crippen molar-refractivity contribution in [1.82, 2.24) is 10.2 Å². The molecule has 0 aliphatic carbocycles. The molecule has 0 aromatic heterocycles. The molecular formula is C19H28N2O3. The normalized spacial score (nSPS) is 18.3. The van der Waals surface area contributed by atoms with Crippen LogP contribution < -0.4 is 10.1 Å². The molecule has 24 heavy (non-hydrogen) atoms. The van der Waals surface area contributed by atoms with Crippen molar-refractivity contribution in [2.24, 2.45) is 0 Å². The molecule has 1 aromatic rings. The van der Waals surface area contributed by atoms with Crippen LogP contribution in [0.1, 0.15) is 58.1 Å². The van der Waals surface area contributed by atoms with E-state index in [2.05, 4.69) is 5.32 Å². The van der Waals surface area contributed by atoms with Gasteiger partial charge in [-0.1, -0.05) is 19.1 Å². The summed E-state index contributed by atoms with van der Waals surface area (Å²) in [6.07, 6.45) is 2.95. The lowest BCUT2D eigenvalue weighted by Gasteiger charge is -2.25. The summed E-state index contributed by atoms with van der Waals surface area (Å²) in [6, 6.07) is 7.30. The van der Waals surface area contributed by atoms with Crippen molar-refractivity contribution < 1.29 is 14.3 Å². The van der Waals surface area contributed by atoms with E-state index in [4.69, 9.17) is 4.74 Å². The minimum Gasteiger partial charge on any atom is -0.494 e. The lowest BCUT2D eigenvalue weighted by Crippen LogP contribution is -2.46. The second kappa shape index (κ2) is 8.71. The highest BCUT2D eigenvalue weighted by molar-refractivity contribution is 5.88. The highest BCUT2D eigenvalue weighted by atomic mass is 16.5. The van der Waals surface area contributed by atoms with Gasteiger partial charge in [0.1, 0.15) is 11.8 Å². The van der Waals surface area contributed by atoms with Crippen LogP contribution in [-0.2, 0) is 9.59 Å². The summed E-state index contributed by atoms with van der Waals surface area (Å²) < 4.78 is 5.51. The number of likely N-dealkylation sites (tertiary alicyclic amines) is 1. The van der Waals surface area contributed by atoms with Gasteiger partial charge in [-0.3, -0.25) is 9.59 Å². The van der Waals surface area contributed by atoms with E-state index in [0.29, 0.717) is 19.6 Å². The number of hydrogen-bond donors (Lipinski definition) is 1. The number of hydrogen-bond acceptors (Lipinski definition) is 3. The fourth-order valence-corrected chi connectivity index (χ4v) is 3.13. The Morgan fingerprint density at radius 1 is 1.38 bits per heavy atom. The Morgan fingerprint density at radius 3 is 2.88 bits per heavy atom. The number of nitrogens with one attached hydrogen (secondary N) is 1. The summed E-state index contributed by atoms with van der Waals surface area (Å²) in [4.78, 5) is 26.5. The molecule has 2 amide bonds. The first kappa shape index (κ1) is 18.3. The smallest absolute Gasteiger partial charge is 0.243 e. The van der Waals surface area contributed by atoms with Gasteiger partial charge in [0.25, 0.3) is 0 Å². The Hall–Kier alpha value is -2.04. The van der Waals surface area contributed by atoms with Crippen LogP contribution >= 0.6 is 0 Å². The maximum Gasteiger partial charge on any atom is 0.243 e. The molecule has 2 atom stereocenters. The first-order valence-corrected chi connectivity index (χ1v) is 8.89. The van der Waals surface area contributed by atoms with Crippen LogP contribution in [0.25, 0.3) is 0 Å². The summed E-state index contributed by atoms with van der Waals surface area (Å²) in [7, 11) is 0. The molecule has 1 aliphatic heterocycles. The fraction of sp³-hybridized carbons (Fsp3) is 0.579. The quantitative estimate of drug-likeness (QED) is 0.835. The van der Waals surface area contributed by atoms with Gasteiger partial charge in [0, 0.05) is 13.0 Å². The van der Waals surface area contributed by atoms with Crippen molar-refractivity contribution in [3.8, 4) is 5.75 Å². The van der Waals surface area contributed by atoms with Gasteiger partial charge in [-0.25, -0.2) is 0 Å². The zero-order valence-electron chi connectivity index (χ0n) is 14.9. The lowest BCUT2D eigenvalue weighted by atomic mass is 10.1. The van der Waals surface area contributed by atoms with E-state index in [1.165, 1.54) is 0 Å². The Labute approximate surface area is 144 Å². The van der Waals surface area contributed by atoms with Crippen LogP contribution in [0.5, 0.6) is 5.75 Å². The molecule has 5 heteroatoms. The molecule has 1 aliphatic rings. The molecule has 0 saturated carbocycles. The van der Waals surface area contributed by atoms with Crippen LogP contribution in [-0.4, -0.2) is 35.9 Å². The second-order valence-electron chi connectivity index (χ2n) is 6.23. The highest BCUT2D eigenvalue weighted by Crippen LogP contribution is 2.22. The van der Waals surface area contributed by atoms with Crippen molar-refractivity contribution in [2.75, 3.05) is 13.2 Å². The van der Waals surface area contributed by atoms with Crippen molar-refractivity contribution >= 4 is 11.8 Å². The monoisotopic (exact) mass is 332 g/mol. The number of carbonyl (C=O) groups excluding carboxylic acids is 2. The number of ether oxygens (including phenoxy) is 1. The summed E-state index contributed by atoms with van der Waals surface area (Å²) in [5.74, 6) is 0.823. The Balaban J connectivity index is 2.00. The van der Waals surface area contributed by atoms with E-state index in [-0.39, 0.29) is 23.9 Å². The predicted octanol–water partition coefficient (Wildman–Crippen LogP) is 3.05. The van der Waals surface area contributed by atoms with Crippen LogP contribution in [0.15, 0.2) is 24.3 Å². The van der Waals surface area contributed by atoms with Crippen molar-refractivity contribution in [3.05, 3.63) is 29.8 Å². The molecule has 1 fully saturated rings. The maximum atomic E-state index is 12.6. The van der Waals surface area contributed by atoms with E-state index >= 15 is 0 Å². The molecule has 0 unspecified atom stereocenters. The van der Waals surface area contributed by atoms with Gasteiger partial charge in [0.2, 0.25) is 11.8 Å². The standard InChI is InChI=1S/C19H28N2O3/c1-4-8-18(22)21-12-7-11-17(21)19(23)20-14(3)15-9-6-10-16(13-15)24-5-2/h6,9-10,13-14,17H,4-5,7-8,11-12H2,1-3H3,(H,20,23)/t14-,17-/m0/s1. The third-order valence-corrected chi connectivity index (χ3v) is 4.37. The molecule has 2 rings (SSSR count). The number of benzene rings is 1. The number of amides is 2. The largest absolute Gasteiger partial charge is 0.494 e. The molecule has 0 bridgehead atoms. The minimum atomic E-state index is -0.332. The molecule has 5 nitrogen and oxygen atoms in total. The molecule has 0 radical (unpaired) electrons. The Morgan fingerprint density at radius 2 is 2.17 bits per heavy atom. The van der Waals surface area contributed by atoms with Crippen LogP contribution in [0.3, 0.4) is 0 Å². The maximum absolute atomic E-state index is 12.6. The second-order valence-corrected chi connectivity index (χ2v) is 6.23. The van der Waals surface area contributed by atoms with Crippen LogP contribution in [0.4, 0.5) is 0 Å². The predicted molar refractivity (Wildman–Crippen MR) is 93.8 cm³/mol.